The summed E-state index contributed by atoms with van der Waals surface area (Å²) in [5.74, 6) is 0. The van der Waals surface area contributed by atoms with Crippen LogP contribution in [0.2, 0.25) is 0 Å². The second-order valence-electron chi connectivity index (χ2n) is 3.54. The third kappa shape index (κ3) is 3.21. The van der Waals surface area contributed by atoms with E-state index in [-0.39, 0.29) is 0 Å². The molecule has 0 aromatic rings. The molecule has 1 aliphatic heterocycles. The predicted octanol–water partition coefficient (Wildman–Crippen LogP) is 1.51. The minimum Gasteiger partial charge on any atom is -0.380 e. The largest absolute Gasteiger partial charge is 0.380 e. The Hall–Kier alpha value is -0.0800. The second kappa shape index (κ2) is 4.73. The van der Waals surface area contributed by atoms with Gasteiger partial charge in [0.25, 0.3) is 0 Å². The van der Waals surface area contributed by atoms with Gasteiger partial charge < -0.3 is 9.64 Å². The Morgan fingerprint density at radius 1 is 1.18 bits per heavy atom. The van der Waals surface area contributed by atoms with Gasteiger partial charge in [-0.1, -0.05) is 12.8 Å². The molecule has 0 aliphatic carbocycles. The number of rotatable bonds is 1. The van der Waals surface area contributed by atoms with Gasteiger partial charge >= 0.3 is 0 Å². The van der Waals surface area contributed by atoms with Crippen LogP contribution in [0.15, 0.2) is 0 Å². The van der Waals surface area contributed by atoms with Crippen LogP contribution in [0.5, 0.6) is 0 Å². The molecule has 0 radical (unpaired) electrons. The molecule has 1 fully saturated rings. The quantitative estimate of drug-likeness (QED) is 0.572. The first-order valence-electron chi connectivity index (χ1n) is 4.55. The van der Waals surface area contributed by atoms with Gasteiger partial charge in [-0.2, -0.15) is 0 Å². The Morgan fingerprint density at radius 3 is 2.73 bits per heavy atom. The van der Waals surface area contributed by atoms with E-state index in [1.54, 1.807) is 0 Å². The molecule has 2 nitrogen and oxygen atoms in total. The summed E-state index contributed by atoms with van der Waals surface area (Å²) in [5.41, 5.74) is 0. The standard InChI is InChI=1S/C9H19NO/c1-10(2)9-6-4-3-5-7-11-8-9/h9H,3-8H2,1-2H3. The number of nitrogens with zero attached hydrogens (tertiary/aromatic N) is 1. The molecule has 0 N–H and O–H groups in total. The van der Waals surface area contributed by atoms with Crippen LogP contribution in [0.25, 0.3) is 0 Å². The predicted molar refractivity (Wildman–Crippen MR) is 46.8 cm³/mol. The lowest BCUT2D eigenvalue weighted by Crippen LogP contribution is -2.33. The molecule has 1 atom stereocenters. The van der Waals surface area contributed by atoms with Gasteiger partial charge in [0.1, 0.15) is 0 Å². The molecule has 1 aliphatic rings. The van der Waals surface area contributed by atoms with Gasteiger partial charge in [-0.3, -0.25) is 0 Å². The molecule has 2 heteroatoms. The topological polar surface area (TPSA) is 12.5 Å². The molecule has 66 valence electrons. The van der Waals surface area contributed by atoms with Gasteiger partial charge in [0.15, 0.2) is 0 Å². The van der Waals surface area contributed by atoms with Crippen LogP contribution in [-0.2, 0) is 4.74 Å². The van der Waals surface area contributed by atoms with Crippen LogP contribution in [0.3, 0.4) is 0 Å². The first kappa shape index (κ1) is 9.01. The van der Waals surface area contributed by atoms with Crippen LogP contribution in [0, 0.1) is 0 Å². The van der Waals surface area contributed by atoms with Crippen LogP contribution >= 0.6 is 0 Å². The molecular weight excluding hydrogens is 138 g/mol. The van der Waals surface area contributed by atoms with Crippen LogP contribution in [0.1, 0.15) is 25.7 Å². The van der Waals surface area contributed by atoms with E-state index in [4.69, 9.17) is 4.74 Å². The number of ether oxygens (including phenoxy) is 1. The van der Waals surface area contributed by atoms with E-state index in [0.29, 0.717) is 6.04 Å². The Morgan fingerprint density at radius 2 is 2.00 bits per heavy atom. The molecule has 1 unspecified atom stereocenters. The molecule has 0 bridgehead atoms. The van der Waals surface area contributed by atoms with Crippen molar-refractivity contribution >= 4 is 0 Å². The van der Waals surface area contributed by atoms with Gasteiger partial charge in [0.05, 0.1) is 6.61 Å². The molecule has 1 rings (SSSR count). The summed E-state index contributed by atoms with van der Waals surface area (Å²) < 4.78 is 5.51. The van der Waals surface area contributed by atoms with E-state index in [1.807, 2.05) is 0 Å². The Balaban J connectivity index is 2.26. The summed E-state index contributed by atoms with van der Waals surface area (Å²) in [7, 11) is 4.27. The van der Waals surface area contributed by atoms with Crippen LogP contribution < -0.4 is 0 Å². The monoisotopic (exact) mass is 157 g/mol. The van der Waals surface area contributed by atoms with Crippen molar-refractivity contribution in [2.75, 3.05) is 27.3 Å². The zero-order chi connectivity index (χ0) is 8.10. The van der Waals surface area contributed by atoms with Gasteiger partial charge in [-0.15, -0.1) is 0 Å². The van der Waals surface area contributed by atoms with E-state index in [1.165, 1.54) is 25.7 Å². The average molecular weight is 157 g/mol. The van der Waals surface area contributed by atoms with Crippen LogP contribution in [-0.4, -0.2) is 38.3 Å². The Labute approximate surface area is 69.5 Å². The Bertz CT molecular complexity index is 95.7. The summed E-state index contributed by atoms with van der Waals surface area (Å²) in [6.07, 6.45) is 5.25. The summed E-state index contributed by atoms with van der Waals surface area (Å²) >= 11 is 0. The lowest BCUT2D eigenvalue weighted by atomic mass is 10.1. The highest BCUT2D eigenvalue weighted by molar-refractivity contribution is 4.67. The first-order chi connectivity index (χ1) is 5.30. The van der Waals surface area contributed by atoms with E-state index in [2.05, 4.69) is 19.0 Å². The van der Waals surface area contributed by atoms with Crippen molar-refractivity contribution < 1.29 is 4.74 Å². The first-order valence-corrected chi connectivity index (χ1v) is 4.55. The highest BCUT2D eigenvalue weighted by Gasteiger charge is 2.12. The van der Waals surface area contributed by atoms with E-state index in [0.717, 1.165) is 13.2 Å². The minimum absolute atomic E-state index is 0.648. The summed E-state index contributed by atoms with van der Waals surface area (Å²) in [4.78, 5) is 2.27. The smallest absolute Gasteiger partial charge is 0.0621 e. The SMILES string of the molecule is CN(C)C1CCCCCOC1. The lowest BCUT2D eigenvalue weighted by molar-refractivity contribution is 0.0616. The van der Waals surface area contributed by atoms with Crippen molar-refractivity contribution in [2.24, 2.45) is 0 Å². The maximum atomic E-state index is 5.51. The fourth-order valence-corrected chi connectivity index (χ4v) is 1.47. The van der Waals surface area contributed by atoms with Gasteiger partial charge in [-0.25, -0.2) is 0 Å². The van der Waals surface area contributed by atoms with E-state index in [9.17, 15) is 0 Å². The molecule has 0 aromatic heterocycles. The van der Waals surface area contributed by atoms with Crippen molar-refractivity contribution in [1.29, 1.82) is 0 Å². The number of hydrogen-bond acceptors (Lipinski definition) is 2. The zero-order valence-corrected chi connectivity index (χ0v) is 7.68. The average Bonchev–Trinajstić information content (AvgIpc) is 1.84. The van der Waals surface area contributed by atoms with Gasteiger partial charge in [0.2, 0.25) is 0 Å². The summed E-state index contributed by atoms with van der Waals surface area (Å²) in [6, 6.07) is 0.648. The molecule has 0 aromatic carbocycles. The molecule has 1 heterocycles. The normalized spacial score (nSPS) is 28.1. The molecule has 1 saturated heterocycles. The summed E-state index contributed by atoms with van der Waals surface area (Å²) in [6.45, 7) is 1.89. The molecule has 0 amide bonds. The van der Waals surface area contributed by atoms with Crippen LogP contribution in [0.4, 0.5) is 0 Å². The van der Waals surface area contributed by atoms with Crippen molar-refractivity contribution in [3.05, 3.63) is 0 Å². The number of likely N-dealkylation sites (N-methyl/N-ethyl adjacent to an activating group) is 1. The Kier molecular flexibility index (Phi) is 3.87. The fourth-order valence-electron chi connectivity index (χ4n) is 1.47. The zero-order valence-electron chi connectivity index (χ0n) is 7.68. The molecule has 0 spiro atoms. The third-order valence-corrected chi connectivity index (χ3v) is 2.37. The van der Waals surface area contributed by atoms with Crippen molar-refractivity contribution in [2.45, 2.75) is 31.7 Å². The minimum atomic E-state index is 0.648. The summed E-state index contributed by atoms with van der Waals surface area (Å²) in [5, 5.41) is 0. The fraction of sp³-hybridized carbons (Fsp3) is 1.00. The van der Waals surface area contributed by atoms with Crippen molar-refractivity contribution in [3.8, 4) is 0 Å². The molecule has 0 saturated carbocycles. The maximum absolute atomic E-state index is 5.51. The molecular formula is C9H19NO. The van der Waals surface area contributed by atoms with E-state index < -0.39 is 0 Å². The third-order valence-electron chi connectivity index (χ3n) is 2.37. The van der Waals surface area contributed by atoms with Gasteiger partial charge in [-0.05, 0) is 26.9 Å². The highest BCUT2D eigenvalue weighted by atomic mass is 16.5. The lowest BCUT2D eigenvalue weighted by Gasteiger charge is -2.25. The maximum Gasteiger partial charge on any atom is 0.0621 e. The van der Waals surface area contributed by atoms with Crippen molar-refractivity contribution in [3.63, 3.8) is 0 Å². The highest BCUT2D eigenvalue weighted by Crippen LogP contribution is 2.11. The van der Waals surface area contributed by atoms with Gasteiger partial charge in [0, 0.05) is 12.6 Å². The number of hydrogen-bond donors (Lipinski definition) is 0. The van der Waals surface area contributed by atoms with E-state index >= 15 is 0 Å². The van der Waals surface area contributed by atoms with Crippen molar-refractivity contribution in [1.82, 2.24) is 4.90 Å². The molecule has 11 heavy (non-hydrogen) atoms. The second-order valence-corrected chi connectivity index (χ2v) is 3.54.